The van der Waals surface area contributed by atoms with Crippen LogP contribution >= 0.6 is 23.7 Å². The van der Waals surface area contributed by atoms with Crippen molar-refractivity contribution in [3.05, 3.63) is 42.5 Å². The number of rotatable bonds is 2. The fourth-order valence-corrected chi connectivity index (χ4v) is 3.55. The monoisotopic (exact) mass is 318 g/mol. The van der Waals surface area contributed by atoms with Crippen LogP contribution in [-0.4, -0.2) is 24.4 Å². The molecular weight excluding hydrogens is 304 g/mol. The van der Waals surface area contributed by atoms with Crippen molar-refractivity contribution >= 4 is 41.1 Å². The molecule has 1 N–H and O–H groups in total. The summed E-state index contributed by atoms with van der Waals surface area (Å²) < 4.78 is 1.66. The van der Waals surface area contributed by atoms with E-state index in [1.54, 1.807) is 40.1 Å². The van der Waals surface area contributed by atoms with Crippen molar-refractivity contribution in [2.75, 3.05) is 22.5 Å². The summed E-state index contributed by atoms with van der Waals surface area (Å²) in [6.07, 6.45) is 2.02. The molecule has 0 saturated carbocycles. The highest BCUT2D eigenvalue weighted by molar-refractivity contribution is 8.01. The van der Waals surface area contributed by atoms with Crippen molar-refractivity contribution in [1.82, 2.24) is 0 Å². The van der Waals surface area contributed by atoms with Crippen LogP contribution in [0.4, 0.5) is 16.2 Å². The molecule has 0 spiro atoms. The minimum atomic E-state index is -0.130. The third kappa shape index (κ3) is 2.56. The molecule has 0 saturated heterocycles. The number of benzene rings is 2. The van der Waals surface area contributed by atoms with Crippen LogP contribution in [0, 0.1) is 0 Å². The zero-order chi connectivity index (χ0) is 15.0. The van der Waals surface area contributed by atoms with Gasteiger partial charge >= 0.3 is 6.03 Å². The van der Waals surface area contributed by atoms with Gasteiger partial charge in [-0.2, -0.15) is 0 Å². The van der Waals surface area contributed by atoms with E-state index in [0.29, 0.717) is 0 Å². The fraction of sp³-hybridized carbons (Fsp3) is 0.133. The van der Waals surface area contributed by atoms with Crippen LogP contribution in [0.2, 0.25) is 0 Å². The summed E-state index contributed by atoms with van der Waals surface area (Å²) >= 11 is 3.04. The summed E-state index contributed by atoms with van der Waals surface area (Å²) in [5.41, 5.74) is 1.57. The quantitative estimate of drug-likeness (QED) is 0.666. The normalized spacial score (nSPS) is 14.3. The van der Waals surface area contributed by atoms with Crippen molar-refractivity contribution in [1.29, 1.82) is 0 Å². The van der Waals surface area contributed by atoms with E-state index < -0.39 is 0 Å². The van der Waals surface area contributed by atoms with Gasteiger partial charge < -0.3 is 5.11 Å². The molecule has 1 aliphatic heterocycles. The maximum atomic E-state index is 12.5. The Bertz CT molecular complexity index is 689. The lowest BCUT2D eigenvalue weighted by Gasteiger charge is -2.33. The second-order valence-corrected chi connectivity index (χ2v) is 6.44. The molecule has 0 radical (unpaired) electrons. The number of carbonyl (C=O) groups excluding carboxylic acids is 1. The molecule has 2 amide bonds. The molecule has 21 heavy (non-hydrogen) atoms. The van der Waals surface area contributed by atoms with Gasteiger partial charge in [0.2, 0.25) is 0 Å². The highest BCUT2D eigenvalue weighted by Gasteiger charge is 2.30. The molecule has 0 fully saturated rings. The van der Waals surface area contributed by atoms with Crippen molar-refractivity contribution in [2.24, 2.45) is 0 Å². The number of amides is 2. The van der Waals surface area contributed by atoms with Gasteiger partial charge in [-0.05, 0) is 54.6 Å². The van der Waals surface area contributed by atoms with Gasteiger partial charge in [-0.15, -0.1) is 11.8 Å². The van der Waals surface area contributed by atoms with E-state index in [1.165, 1.54) is 11.9 Å². The molecule has 0 atom stereocenters. The first-order valence-corrected chi connectivity index (χ1v) is 8.33. The van der Waals surface area contributed by atoms with Crippen LogP contribution in [0.25, 0.3) is 0 Å². The van der Waals surface area contributed by atoms with E-state index in [2.05, 4.69) is 0 Å². The predicted molar refractivity (Wildman–Crippen MR) is 88.5 cm³/mol. The van der Waals surface area contributed by atoms with Gasteiger partial charge in [-0.1, -0.05) is 0 Å². The van der Waals surface area contributed by atoms with Crippen molar-refractivity contribution in [3.8, 4) is 5.75 Å². The Morgan fingerprint density at radius 1 is 1.14 bits per heavy atom. The Labute approximate surface area is 131 Å². The molecule has 0 unspecified atom stereocenters. The van der Waals surface area contributed by atoms with E-state index in [9.17, 15) is 9.90 Å². The molecule has 108 valence electrons. The number of carbonyl (C=O) groups is 1. The number of aromatic hydroxyl groups is 1. The van der Waals surface area contributed by atoms with Gasteiger partial charge in [-0.3, -0.25) is 4.90 Å². The maximum Gasteiger partial charge on any atom is 0.339 e. The SMILES string of the molecule is CSc1ccc(N2Sc3ccc(O)cc3N(C)C2=O)cc1. The topological polar surface area (TPSA) is 43.8 Å². The molecule has 3 rings (SSSR count). The number of hydrogen-bond acceptors (Lipinski definition) is 4. The lowest BCUT2D eigenvalue weighted by molar-refractivity contribution is 0.255. The molecule has 6 heteroatoms. The minimum Gasteiger partial charge on any atom is -0.508 e. The Kier molecular flexibility index (Phi) is 3.73. The molecule has 0 bridgehead atoms. The third-order valence-corrected chi connectivity index (χ3v) is 5.10. The molecule has 2 aromatic carbocycles. The van der Waals surface area contributed by atoms with E-state index in [1.807, 2.05) is 36.6 Å². The van der Waals surface area contributed by atoms with Crippen LogP contribution in [0.3, 0.4) is 0 Å². The highest BCUT2D eigenvalue weighted by Crippen LogP contribution is 2.42. The van der Waals surface area contributed by atoms with Crippen LogP contribution in [0.1, 0.15) is 0 Å². The molecule has 2 aromatic rings. The summed E-state index contributed by atoms with van der Waals surface area (Å²) in [7, 11) is 1.71. The first kappa shape index (κ1) is 14.2. The Balaban J connectivity index is 1.97. The number of hydrogen-bond donors (Lipinski definition) is 1. The third-order valence-electron chi connectivity index (χ3n) is 3.26. The number of thioether (sulfide) groups is 1. The van der Waals surface area contributed by atoms with Crippen molar-refractivity contribution in [2.45, 2.75) is 9.79 Å². The Morgan fingerprint density at radius 3 is 2.52 bits per heavy atom. The number of nitrogens with zero attached hydrogens (tertiary/aromatic N) is 2. The highest BCUT2D eigenvalue weighted by atomic mass is 32.2. The molecule has 0 aliphatic carbocycles. The van der Waals surface area contributed by atoms with Gasteiger partial charge in [-0.25, -0.2) is 9.10 Å². The zero-order valence-electron chi connectivity index (χ0n) is 11.6. The predicted octanol–water partition coefficient (Wildman–Crippen LogP) is 4.20. The number of urea groups is 1. The molecule has 0 aromatic heterocycles. The summed E-state index contributed by atoms with van der Waals surface area (Å²) in [6.45, 7) is 0. The number of anilines is 2. The summed E-state index contributed by atoms with van der Waals surface area (Å²) in [4.78, 5) is 16.1. The standard InChI is InChI=1S/C15H14N2O2S2/c1-16-13-9-11(18)5-8-14(13)21-17(15(16)19)10-3-6-12(20-2)7-4-10/h3-9,18H,1-2H3. The van der Waals surface area contributed by atoms with Crippen LogP contribution in [0.5, 0.6) is 5.75 Å². The van der Waals surface area contributed by atoms with Gasteiger partial charge in [0, 0.05) is 18.0 Å². The summed E-state index contributed by atoms with van der Waals surface area (Å²) in [5.74, 6) is 0.159. The average Bonchev–Trinajstić information content (AvgIpc) is 2.51. The zero-order valence-corrected chi connectivity index (χ0v) is 13.2. The van der Waals surface area contributed by atoms with E-state index in [4.69, 9.17) is 0 Å². The number of phenols is 1. The van der Waals surface area contributed by atoms with Crippen molar-refractivity contribution < 1.29 is 9.90 Å². The number of fused-ring (bicyclic) bond motifs is 1. The number of phenolic OH excluding ortho intramolecular Hbond substituents is 1. The largest absolute Gasteiger partial charge is 0.508 e. The summed E-state index contributed by atoms with van der Waals surface area (Å²) in [6, 6.07) is 12.8. The van der Waals surface area contributed by atoms with Crippen molar-refractivity contribution in [3.63, 3.8) is 0 Å². The molecule has 1 aliphatic rings. The molecule has 1 heterocycles. The fourth-order valence-electron chi connectivity index (χ4n) is 2.10. The summed E-state index contributed by atoms with van der Waals surface area (Å²) in [5, 5.41) is 9.57. The van der Waals surface area contributed by atoms with Crippen LogP contribution < -0.4 is 9.21 Å². The second-order valence-electron chi connectivity index (χ2n) is 4.58. The van der Waals surface area contributed by atoms with Crippen LogP contribution in [-0.2, 0) is 0 Å². The van der Waals surface area contributed by atoms with E-state index in [-0.39, 0.29) is 11.8 Å². The van der Waals surface area contributed by atoms with Gasteiger partial charge in [0.25, 0.3) is 0 Å². The Morgan fingerprint density at radius 2 is 1.86 bits per heavy atom. The van der Waals surface area contributed by atoms with E-state index >= 15 is 0 Å². The van der Waals surface area contributed by atoms with Gasteiger partial charge in [0.1, 0.15) is 5.75 Å². The minimum absolute atomic E-state index is 0.130. The smallest absolute Gasteiger partial charge is 0.339 e. The van der Waals surface area contributed by atoms with E-state index in [0.717, 1.165) is 21.2 Å². The second kappa shape index (κ2) is 5.54. The molecule has 4 nitrogen and oxygen atoms in total. The first-order valence-electron chi connectivity index (χ1n) is 6.33. The first-order chi connectivity index (χ1) is 10.1. The lowest BCUT2D eigenvalue weighted by Crippen LogP contribution is -2.40. The van der Waals surface area contributed by atoms with Gasteiger partial charge in [0.15, 0.2) is 0 Å². The lowest BCUT2D eigenvalue weighted by atomic mass is 10.2. The Hall–Kier alpha value is -1.79. The van der Waals surface area contributed by atoms with Gasteiger partial charge in [0.05, 0.1) is 16.3 Å². The molecular formula is C15H14N2O2S2. The average molecular weight is 318 g/mol. The van der Waals surface area contributed by atoms with Crippen LogP contribution in [0.15, 0.2) is 52.3 Å². The maximum absolute atomic E-state index is 12.5.